The van der Waals surface area contributed by atoms with Crippen molar-refractivity contribution in [1.82, 2.24) is 0 Å². The summed E-state index contributed by atoms with van der Waals surface area (Å²) >= 11 is 0. The fourth-order valence-corrected chi connectivity index (χ4v) is 4.02. The van der Waals surface area contributed by atoms with Gasteiger partial charge in [-0.2, -0.15) is 0 Å². The molecule has 2 aromatic carbocycles. The van der Waals surface area contributed by atoms with Gasteiger partial charge in [-0.05, 0) is 18.2 Å². The number of carbonyl (C=O) groups excluding carboxylic acids is 1. The van der Waals surface area contributed by atoms with E-state index in [9.17, 15) is 55.5 Å². The number of phenols is 6. The van der Waals surface area contributed by atoms with E-state index >= 15 is 0 Å². The Kier molecular flexibility index (Phi) is 7.70. The standard InChI is InChI=1S/C24H24O16/c25-9-1-7(2-10(26)18(9)32)23-13(3-8-12(38-23)4-11(27)19(33)17(8)31)39-24-22(36)21(35)20(34)14(40-24)6-37-16(30)5-15(28)29/h1-4,14,20-27,31-36H,5-6H2,(H,28,29). The number of carboxylic acid groups (broad SMARTS) is 1. The van der Waals surface area contributed by atoms with Gasteiger partial charge in [0, 0.05) is 11.6 Å². The Bertz CT molecular complexity index is 1330. The smallest absolute Gasteiger partial charge is 0.317 e. The number of ether oxygens (including phenoxy) is 4. The molecule has 1 saturated heterocycles. The Morgan fingerprint density at radius 3 is 2.08 bits per heavy atom. The molecule has 2 heterocycles. The van der Waals surface area contributed by atoms with Crippen LogP contribution in [0, 0.1) is 0 Å². The monoisotopic (exact) mass is 568 g/mol. The molecule has 6 unspecified atom stereocenters. The Morgan fingerprint density at radius 2 is 1.45 bits per heavy atom. The first kappa shape index (κ1) is 28.4. The van der Waals surface area contributed by atoms with Crippen LogP contribution < -0.4 is 4.74 Å². The van der Waals surface area contributed by atoms with Gasteiger partial charge >= 0.3 is 11.9 Å². The minimum atomic E-state index is -1.94. The number of aliphatic hydroxyl groups is 3. The summed E-state index contributed by atoms with van der Waals surface area (Å²) in [5, 5.41) is 99.7. The molecule has 0 amide bonds. The number of carbonyl (C=O) groups is 2. The molecule has 2 aliphatic rings. The topological polar surface area (TPSA) is 273 Å². The quantitative estimate of drug-likeness (QED) is 0.112. The van der Waals surface area contributed by atoms with E-state index in [0.717, 1.165) is 24.3 Å². The van der Waals surface area contributed by atoms with Gasteiger partial charge in [0.15, 0.2) is 34.9 Å². The van der Waals surface area contributed by atoms with Crippen LogP contribution >= 0.6 is 0 Å². The van der Waals surface area contributed by atoms with Crippen LogP contribution in [0.15, 0.2) is 24.0 Å². The number of carboxylic acids is 1. The SMILES string of the molecule is O=C(O)CC(=O)OCC1OC(OC2=Cc3c(cc(O)c(O)c3O)OC2c2cc(O)c(O)c(O)c2)C(O)C(O)C1O. The molecule has 0 aliphatic carbocycles. The molecule has 6 atom stereocenters. The number of hydrogen-bond donors (Lipinski definition) is 10. The zero-order chi connectivity index (χ0) is 29.5. The van der Waals surface area contributed by atoms with Crippen LogP contribution in [0.5, 0.6) is 40.2 Å². The number of aromatic hydroxyl groups is 6. The summed E-state index contributed by atoms with van der Waals surface area (Å²) in [5.74, 6) is -8.09. The fourth-order valence-electron chi connectivity index (χ4n) is 4.02. The second kappa shape index (κ2) is 10.9. The highest BCUT2D eigenvalue weighted by Crippen LogP contribution is 2.50. The van der Waals surface area contributed by atoms with Crippen molar-refractivity contribution in [3.05, 3.63) is 35.1 Å². The number of aliphatic carboxylic acids is 1. The zero-order valence-corrected chi connectivity index (χ0v) is 20.1. The van der Waals surface area contributed by atoms with Gasteiger partial charge in [0.25, 0.3) is 0 Å². The molecule has 4 rings (SSSR count). The number of phenolic OH excluding ortho intramolecular Hbond substituents is 6. The van der Waals surface area contributed by atoms with Gasteiger partial charge in [0.05, 0.1) is 5.56 Å². The van der Waals surface area contributed by atoms with E-state index in [0.29, 0.717) is 0 Å². The van der Waals surface area contributed by atoms with Crippen LogP contribution in [0.25, 0.3) is 6.08 Å². The molecule has 1 fully saturated rings. The largest absolute Gasteiger partial charge is 0.504 e. The number of esters is 1. The lowest BCUT2D eigenvalue weighted by molar-refractivity contribution is -0.294. The first-order chi connectivity index (χ1) is 18.8. The highest BCUT2D eigenvalue weighted by atomic mass is 16.7. The summed E-state index contributed by atoms with van der Waals surface area (Å²) < 4.78 is 21.7. The molecule has 216 valence electrons. The maximum Gasteiger partial charge on any atom is 0.317 e. The molecule has 40 heavy (non-hydrogen) atoms. The summed E-state index contributed by atoms with van der Waals surface area (Å²) in [4.78, 5) is 22.3. The van der Waals surface area contributed by atoms with Crippen molar-refractivity contribution >= 4 is 18.0 Å². The van der Waals surface area contributed by atoms with E-state index in [-0.39, 0.29) is 22.6 Å². The molecular weight excluding hydrogens is 544 g/mol. The summed E-state index contributed by atoms with van der Waals surface area (Å²) in [6.45, 7) is -0.744. The Hall–Kier alpha value is -4.64. The van der Waals surface area contributed by atoms with E-state index in [1.807, 2.05) is 0 Å². The van der Waals surface area contributed by atoms with Gasteiger partial charge in [-0.3, -0.25) is 9.59 Å². The van der Waals surface area contributed by atoms with E-state index in [4.69, 9.17) is 24.1 Å². The zero-order valence-electron chi connectivity index (χ0n) is 20.1. The summed E-state index contributed by atoms with van der Waals surface area (Å²) in [5.41, 5.74) is -0.291. The molecule has 0 spiro atoms. The lowest BCUT2D eigenvalue weighted by Crippen LogP contribution is -2.59. The molecule has 0 bridgehead atoms. The third kappa shape index (κ3) is 5.41. The van der Waals surface area contributed by atoms with Crippen molar-refractivity contribution in [2.24, 2.45) is 0 Å². The number of fused-ring (bicyclic) bond motifs is 1. The van der Waals surface area contributed by atoms with Crippen LogP contribution in [0.3, 0.4) is 0 Å². The third-order valence-corrected chi connectivity index (χ3v) is 6.06. The van der Waals surface area contributed by atoms with E-state index in [1.54, 1.807) is 0 Å². The molecule has 0 radical (unpaired) electrons. The second-order valence-electron chi connectivity index (χ2n) is 8.84. The maximum atomic E-state index is 11.6. The summed E-state index contributed by atoms with van der Waals surface area (Å²) in [7, 11) is 0. The van der Waals surface area contributed by atoms with Gasteiger partial charge in [0.1, 0.15) is 49.0 Å². The number of hydrogen-bond acceptors (Lipinski definition) is 15. The van der Waals surface area contributed by atoms with Crippen LogP contribution in [-0.2, 0) is 23.8 Å². The van der Waals surface area contributed by atoms with Crippen LogP contribution in [0.4, 0.5) is 0 Å². The fraction of sp³-hybridized carbons (Fsp3) is 0.333. The minimum absolute atomic E-state index is 0.0678. The first-order valence-corrected chi connectivity index (χ1v) is 11.4. The number of aliphatic hydroxyl groups excluding tert-OH is 3. The number of benzene rings is 2. The van der Waals surface area contributed by atoms with Crippen molar-refractivity contribution in [2.45, 2.75) is 43.2 Å². The minimum Gasteiger partial charge on any atom is -0.504 e. The van der Waals surface area contributed by atoms with E-state index in [2.05, 4.69) is 0 Å². The highest BCUT2D eigenvalue weighted by molar-refractivity contribution is 5.90. The highest BCUT2D eigenvalue weighted by Gasteiger charge is 2.46. The lowest BCUT2D eigenvalue weighted by atomic mass is 9.98. The van der Waals surface area contributed by atoms with Crippen molar-refractivity contribution < 1.29 is 79.6 Å². The molecule has 16 nitrogen and oxygen atoms in total. The van der Waals surface area contributed by atoms with Crippen molar-refractivity contribution in [3.63, 3.8) is 0 Å². The van der Waals surface area contributed by atoms with Crippen LogP contribution in [0.2, 0.25) is 0 Å². The molecule has 0 saturated carbocycles. The van der Waals surface area contributed by atoms with E-state index < -0.39 is 96.3 Å². The third-order valence-electron chi connectivity index (χ3n) is 6.06. The first-order valence-electron chi connectivity index (χ1n) is 11.4. The lowest BCUT2D eigenvalue weighted by Gasteiger charge is -2.41. The van der Waals surface area contributed by atoms with Gasteiger partial charge < -0.3 is 70.0 Å². The average molecular weight is 568 g/mol. The normalized spacial score (nSPS) is 25.7. The Morgan fingerprint density at radius 1 is 0.825 bits per heavy atom. The molecule has 16 heteroatoms. The van der Waals surface area contributed by atoms with Gasteiger partial charge in [-0.25, -0.2) is 0 Å². The number of rotatable bonds is 7. The van der Waals surface area contributed by atoms with Crippen LogP contribution in [-0.4, -0.2) is 100 Å². The average Bonchev–Trinajstić information content (AvgIpc) is 2.89. The summed E-state index contributed by atoms with van der Waals surface area (Å²) in [6, 6.07) is 2.89. The van der Waals surface area contributed by atoms with Gasteiger partial charge in [0.2, 0.25) is 12.0 Å². The van der Waals surface area contributed by atoms with Gasteiger partial charge in [-0.15, -0.1) is 0 Å². The molecule has 0 aromatic heterocycles. The molecular formula is C24H24O16. The van der Waals surface area contributed by atoms with Crippen LogP contribution in [0.1, 0.15) is 23.7 Å². The summed E-state index contributed by atoms with van der Waals surface area (Å²) in [6.07, 6.45) is -10.4. The van der Waals surface area contributed by atoms with Crippen molar-refractivity contribution in [1.29, 1.82) is 0 Å². The van der Waals surface area contributed by atoms with Crippen molar-refractivity contribution in [2.75, 3.05) is 6.61 Å². The predicted octanol–water partition coefficient (Wildman–Crippen LogP) is -0.763. The van der Waals surface area contributed by atoms with Gasteiger partial charge in [-0.1, -0.05) is 0 Å². The predicted molar refractivity (Wildman–Crippen MR) is 125 cm³/mol. The van der Waals surface area contributed by atoms with Crippen molar-refractivity contribution in [3.8, 4) is 40.2 Å². The maximum absolute atomic E-state index is 11.6. The Labute approximate surface area is 223 Å². The Balaban J connectivity index is 1.68. The molecule has 2 aromatic rings. The molecule has 2 aliphatic heterocycles. The van der Waals surface area contributed by atoms with E-state index in [1.165, 1.54) is 0 Å². The second-order valence-corrected chi connectivity index (χ2v) is 8.84. The molecule has 10 N–H and O–H groups in total.